The number of carbonyl (C=O) groups is 2. The molecule has 0 heterocycles. The first-order chi connectivity index (χ1) is 23.1. The predicted molar refractivity (Wildman–Crippen MR) is 199 cm³/mol. The van der Waals surface area contributed by atoms with Gasteiger partial charge in [0.05, 0.1) is 18.8 Å². The maximum atomic E-state index is 12.4. The number of rotatable bonds is 27. The van der Waals surface area contributed by atoms with Crippen LogP contribution >= 0.6 is 0 Å². The number of esters is 2. The Balaban J connectivity index is 2.47. The van der Waals surface area contributed by atoms with Crippen molar-refractivity contribution in [3.05, 3.63) is 24.3 Å². The number of carbonyl (C=O) groups excluding carboxylic acids is 2. The summed E-state index contributed by atoms with van der Waals surface area (Å²) in [6.45, 7) is 18.3. The second-order valence-corrected chi connectivity index (χ2v) is 14.7. The van der Waals surface area contributed by atoms with Gasteiger partial charge in [-0.05, 0) is 74.0 Å². The molecule has 280 valence electrons. The molecule has 5 unspecified atom stereocenters. The van der Waals surface area contributed by atoms with Crippen LogP contribution in [0.25, 0.3) is 0 Å². The highest BCUT2D eigenvalue weighted by molar-refractivity contribution is 5.69. The van der Waals surface area contributed by atoms with Crippen LogP contribution in [-0.4, -0.2) is 47.1 Å². The normalized spacial score (nSPS) is 23.6. The van der Waals surface area contributed by atoms with Crippen molar-refractivity contribution in [1.29, 1.82) is 0 Å². The molecule has 1 rings (SSSR count). The molecule has 2 N–H and O–H groups in total. The second kappa shape index (κ2) is 26.2. The molecule has 6 nitrogen and oxygen atoms in total. The maximum Gasteiger partial charge on any atom is 0.305 e. The van der Waals surface area contributed by atoms with E-state index in [1.165, 1.54) is 45.4 Å². The Morgan fingerprint density at radius 3 is 2.12 bits per heavy atom. The molecule has 0 aliphatic heterocycles. The van der Waals surface area contributed by atoms with Gasteiger partial charge in [0.15, 0.2) is 0 Å². The number of aliphatic hydroxyl groups excluding tert-OH is 2. The van der Waals surface area contributed by atoms with Gasteiger partial charge in [0.2, 0.25) is 0 Å². The zero-order valence-corrected chi connectivity index (χ0v) is 32.3. The first-order valence-electron chi connectivity index (χ1n) is 20.1. The van der Waals surface area contributed by atoms with Crippen LogP contribution < -0.4 is 0 Å². The lowest BCUT2D eigenvalue weighted by Gasteiger charge is -2.39. The van der Waals surface area contributed by atoms with Crippen LogP contribution in [0.4, 0.5) is 0 Å². The SMILES string of the molecule is CCCCC[C@H](O)/C=C/[C@@H]1[C@@H](C/C=C\CCCC(=O)OCCCCC(CC)C(CC)C(CC)C(CC)C(C)CC)[C@@H](O)C[C@H]1OC(C)=O. The standard InChI is InChI=1S/C42H76O6/c1-9-15-18-24-34(44)27-28-39-38(40(45)30-41(39)48-32(8)43)25-19-16-17-20-26-42(46)47-29-22-21-23-33(11-3)36(13-5)37(14-6)35(12-4)31(7)10-2/h16,19,27-28,31,33-41,44-45H,9-15,17-18,20-26,29-30H2,1-8H3/b19-16-,28-27+/t31?,33?,34-,35?,36?,37?,38+,39+,40-,41+/m0/s1. The average Bonchev–Trinajstić information content (AvgIpc) is 3.35. The van der Waals surface area contributed by atoms with Gasteiger partial charge in [0, 0.05) is 25.7 Å². The summed E-state index contributed by atoms with van der Waals surface area (Å²) in [7, 11) is 0. The predicted octanol–water partition coefficient (Wildman–Crippen LogP) is 10.4. The average molecular weight is 677 g/mol. The molecule has 1 aliphatic carbocycles. The van der Waals surface area contributed by atoms with Gasteiger partial charge in [-0.25, -0.2) is 0 Å². The molecule has 0 bridgehead atoms. The summed E-state index contributed by atoms with van der Waals surface area (Å²) >= 11 is 0. The van der Waals surface area contributed by atoms with Crippen LogP contribution in [0.3, 0.4) is 0 Å². The number of aliphatic hydroxyl groups is 2. The lowest BCUT2D eigenvalue weighted by molar-refractivity contribution is -0.147. The zero-order chi connectivity index (χ0) is 35.9. The van der Waals surface area contributed by atoms with Gasteiger partial charge < -0.3 is 19.7 Å². The monoisotopic (exact) mass is 677 g/mol. The molecule has 0 aromatic carbocycles. The topological polar surface area (TPSA) is 93.1 Å². The molecule has 6 heteroatoms. The van der Waals surface area contributed by atoms with E-state index in [1.54, 1.807) is 6.08 Å². The molecule has 0 amide bonds. The molecule has 1 aliphatic rings. The number of ether oxygens (including phenoxy) is 2. The third kappa shape index (κ3) is 16.4. The third-order valence-corrected chi connectivity index (χ3v) is 11.4. The van der Waals surface area contributed by atoms with E-state index in [0.717, 1.165) is 74.5 Å². The van der Waals surface area contributed by atoms with Crippen LogP contribution in [0.15, 0.2) is 24.3 Å². The molecule has 10 atom stereocenters. The lowest BCUT2D eigenvalue weighted by Crippen LogP contribution is -2.31. The maximum absolute atomic E-state index is 12.4. The van der Waals surface area contributed by atoms with Crippen LogP contribution in [0, 0.1) is 41.4 Å². The van der Waals surface area contributed by atoms with Crippen LogP contribution in [0.2, 0.25) is 0 Å². The van der Waals surface area contributed by atoms with E-state index in [9.17, 15) is 19.8 Å². The highest BCUT2D eigenvalue weighted by atomic mass is 16.5. The van der Waals surface area contributed by atoms with E-state index < -0.39 is 12.2 Å². The number of hydrogen-bond donors (Lipinski definition) is 2. The highest BCUT2D eigenvalue weighted by Crippen LogP contribution is 2.42. The van der Waals surface area contributed by atoms with Crippen LogP contribution in [0.1, 0.15) is 165 Å². The van der Waals surface area contributed by atoms with Gasteiger partial charge in [-0.1, -0.05) is 131 Å². The van der Waals surface area contributed by atoms with Crippen molar-refractivity contribution in [1.82, 2.24) is 0 Å². The van der Waals surface area contributed by atoms with E-state index in [-0.39, 0.29) is 29.9 Å². The lowest BCUT2D eigenvalue weighted by atomic mass is 9.66. The Morgan fingerprint density at radius 2 is 1.52 bits per heavy atom. The van der Waals surface area contributed by atoms with Crippen molar-refractivity contribution in [2.75, 3.05) is 6.61 Å². The second-order valence-electron chi connectivity index (χ2n) is 14.7. The molecule has 0 spiro atoms. The third-order valence-electron chi connectivity index (χ3n) is 11.4. The van der Waals surface area contributed by atoms with Gasteiger partial charge in [-0.15, -0.1) is 0 Å². The highest BCUT2D eigenvalue weighted by Gasteiger charge is 2.42. The van der Waals surface area contributed by atoms with Gasteiger partial charge >= 0.3 is 11.9 Å². The van der Waals surface area contributed by atoms with Crippen LogP contribution in [0.5, 0.6) is 0 Å². The molecule has 1 fully saturated rings. The zero-order valence-electron chi connectivity index (χ0n) is 32.3. The van der Waals surface area contributed by atoms with Crippen molar-refractivity contribution < 1.29 is 29.3 Å². The van der Waals surface area contributed by atoms with Crippen molar-refractivity contribution in [2.24, 2.45) is 41.4 Å². The van der Waals surface area contributed by atoms with Crippen LogP contribution in [-0.2, 0) is 19.1 Å². The molecule has 0 saturated heterocycles. The van der Waals surface area contributed by atoms with Gasteiger partial charge in [0.25, 0.3) is 0 Å². The summed E-state index contributed by atoms with van der Waals surface area (Å²) in [6.07, 6.45) is 22.8. The Hall–Kier alpha value is -1.66. The molecule has 1 saturated carbocycles. The summed E-state index contributed by atoms with van der Waals surface area (Å²) in [4.78, 5) is 24.1. The van der Waals surface area contributed by atoms with Crippen molar-refractivity contribution in [3.8, 4) is 0 Å². The Morgan fingerprint density at radius 1 is 0.833 bits per heavy atom. The minimum Gasteiger partial charge on any atom is -0.466 e. The fourth-order valence-electron chi connectivity index (χ4n) is 8.54. The van der Waals surface area contributed by atoms with Crippen molar-refractivity contribution in [2.45, 2.75) is 183 Å². The quantitative estimate of drug-likeness (QED) is 0.0511. The summed E-state index contributed by atoms with van der Waals surface area (Å²) < 4.78 is 11.1. The van der Waals surface area contributed by atoms with E-state index in [1.807, 2.05) is 6.08 Å². The number of allylic oxidation sites excluding steroid dienone is 2. The molecule has 0 aromatic heterocycles. The summed E-state index contributed by atoms with van der Waals surface area (Å²) in [6, 6.07) is 0. The first kappa shape index (κ1) is 44.4. The summed E-state index contributed by atoms with van der Waals surface area (Å²) in [5.74, 6) is 3.20. The minimum atomic E-state index is -0.576. The van der Waals surface area contributed by atoms with E-state index >= 15 is 0 Å². The molecule has 48 heavy (non-hydrogen) atoms. The molecule has 0 aromatic rings. The fraction of sp³-hybridized carbons (Fsp3) is 0.857. The van der Waals surface area contributed by atoms with Gasteiger partial charge in [0.1, 0.15) is 6.10 Å². The summed E-state index contributed by atoms with van der Waals surface area (Å²) in [5, 5.41) is 21.2. The van der Waals surface area contributed by atoms with Crippen molar-refractivity contribution in [3.63, 3.8) is 0 Å². The largest absolute Gasteiger partial charge is 0.466 e. The van der Waals surface area contributed by atoms with Gasteiger partial charge in [-0.3, -0.25) is 9.59 Å². The Bertz CT molecular complexity index is 899. The first-order valence-corrected chi connectivity index (χ1v) is 20.1. The molecular weight excluding hydrogens is 600 g/mol. The van der Waals surface area contributed by atoms with E-state index in [4.69, 9.17) is 9.47 Å². The van der Waals surface area contributed by atoms with E-state index in [2.05, 4.69) is 60.6 Å². The molecule has 0 radical (unpaired) electrons. The number of hydrogen-bond acceptors (Lipinski definition) is 6. The fourth-order valence-corrected chi connectivity index (χ4v) is 8.54. The van der Waals surface area contributed by atoms with Crippen molar-refractivity contribution >= 4 is 11.9 Å². The smallest absolute Gasteiger partial charge is 0.305 e. The molecular formula is C42H76O6. The van der Waals surface area contributed by atoms with Gasteiger partial charge in [-0.2, -0.15) is 0 Å². The Labute approximate surface area is 295 Å². The van der Waals surface area contributed by atoms with E-state index in [0.29, 0.717) is 32.3 Å². The minimum absolute atomic E-state index is 0.0876. The Kier molecular flexibility index (Phi) is 24.2. The number of unbranched alkanes of at least 4 members (excludes halogenated alkanes) is 4. The summed E-state index contributed by atoms with van der Waals surface area (Å²) in [5.41, 5.74) is 0.